The third-order valence-electron chi connectivity index (χ3n) is 3.74. The highest BCUT2D eigenvalue weighted by molar-refractivity contribution is 5.86. The van der Waals surface area contributed by atoms with Crippen molar-refractivity contribution >= 4 is 5.91 Å². The van der Waals surface area contributed by atoms with Crippen molar-refractivity contribution < 1.29 is 4.79 Å². The van der Waals surface area contributed by atoms with E-state index in [1.165, 1.54) is 6.42 Å². The Labute approximate surface area is 108 Å². The Bertz CT molecular complexity index is 382. The van der Waals surface area contributed by atoms with Crippen molar-refractivity contribution in [2.45, 2.75) is 44.2 Å². The van der Waals surface area contributed by atoms with Crippen molar-refractivity contribution in [3.63, 3.8) is 0 Å². The number of rotatable bonds is 4. The molecule has 1 fully saturated rings. The van der Waals surface area contributed by atoms with Gasteiger partial charge in [-0.15, -0.1) is 0 Å². The van der Waals surface area contributed by atoms with Gasteiger partial charge >= 0.3 is 0 Å². The predicted molar refractivity (Wildman–Crippen MR) is 69.9 cm³/mol. The molecule has 0 aromatic carbocycles. The van der Waals surface area contributed by atoms with E-state index in [1.54, 1.807) is 11.1 Å². The van der Waals surface area contributed by atoms with E-state index in [9.17, 15) is 4.79 Å². The second-order valence-electron chi connectivity index (χ2n) is 5.21. The first-order valence-electron chi connectivity index (χ1n) is 6.64. The molecular formula is C13H22N4O. The normalized spacial score (nSPS) is 18.6. The number of likely N-dealkylation sites (N-methyl/N-ethyl adjacent to an activating group) is 1. The first-order chi connectivity index (χ1) is 8.62. The molecule has 18 heavy (non-hydrogen) atoms. The molecule has 1 amide bonds. The molecule has 0 atom stereocenters. The number of hydrogen-bond donors (Lipinski definition) is 1. The summed E-state index contributed by atoms with van der Waals surface area (Å²) in [6.07, 6.45) is 8.61. The van der Waals surface area contributed by atoms with E-state index in [4.69, 9.17) is 5.73 Å². The van der Waals surface area contributed by atoms with Crippen LogP contribution < -0.4 is 5.73 Å². The molecule has 0 spiro atoms. The molecule has 100 valence electrons. The van der Waals surface area contributed by atoms with E-state index >= 15 is 0 Å². The molecule has 1 aliphatic carbocycles. The first-order valence-corrected chi connectivity index (χ1v) is 6.64. The topological polar surface area (TPSA) is 64.2 Å². The van der Waals surface area contributed by atoms with Crippen molar-refractivity contribution in [2.24, 2.45) is 5.73 Å². The van der Waals surface area contributed by atoms with Gasteiger partial charge in [0, 0.05) is 26.0 Å². The minimum atomic E-state index is -0.628. The zero-order chi connectivity index (χ0) is 13.0. The van der Waals surface area contributed by atoms with Crippen LogP contribution >= 0.6 is 0 Å². The molecule has 5 nitrogen and oxygen atoms in total. The Balaban J connectivity index is 1.87. The Morgan fingerprint density at radius 3 is 2.78 bits per heavy atom. The molecule has 0 radical (unpaired) electrons. The van der Waals surface area contributed by atoms with Crippen molar-refractivity contribution in [1.29, 1.82) is 0 Å². The highest BCUT2D eigenvalue weighted by Crippen LogP contribution is 2.27. The standard InChI is InChI=1S/C13H22N4O/c1-16(10-11-17-9-5-8-15-17)12(18)13(14)6-3-2-4-7-13/h5,8-9H,2-4,6-7,10-11,14H2,1H3. The Morgan fingerprint density at radius 1 is 1.44 bits per heavy atom. The molecule has 0 bridgehead atoms. The lowest BCUT2D eigenvalue weighted by Crippen LogP contribution is -2.55. The molecule has 1 heterocycles. The van der Waals surface area contributed by atoms with Crippen molar-refractivity contribution in [2.75, 3.05) is 13.6 Å². The molecule has 5 heteroatoms. The average molecular weight is 250 g/mol. The van der Waals surface area contributed by atoms with Crippen LogP contribution in [0.5, 0.6) is 0 Å². The van der Waals surface area contributed by atoms with Gasteiger partial charge < -0.3 is 10.6 Å². The molecule has 1 aliphatic rings. The largest absolute Gasteiger partial charge is 0.342 e. The lowest BCUT2D eigenvalue weighted by atomic mass is 9.81. The van der Waals surface area contributed by atoms with Crippen LogP contribution in [0, 0.1) is 0 Å². The summed E-state index contributed by atoms with van der Waals surface area (Å²) in [5, 5.41) is 4.12. The molecular weight excluding hydrogens is 228 g/mol. The van der Waals surface area contributed by atoms with Crippen molar-refractivity contribution in [3.8, 4) is 0 Å². The quantitative estimate of drug-likeness (QED) is 0.867. The highest BCUT2D eigenvalue weighted by Gasteiger charge is 2.37. The summed E-state index contributed by atoms with van der Waals surface area (Å²) in [5.41, 5.74) is 5.61. The molecule has 1 saturated carbocycles. The van der Waals surface area contributed by atoms with Crippen LogP contribution in [0.3, 0.4) is 0 Å². The van der Waals surface area contributed by atoms with Gasteiger partial charge in [-0.3, -0.25) is 9.48 Å². The maximum Gasteiger partial charge on any atom is 0.242 e. The number of nitrogens with two attached hydrogens (primary N) is 1. The minimum Gasteiger partial charge on any atom is -0.342 e. The maximum atomic E-state index is 12.4. The van der Waals surface area contributed by atoms with Gasteiger partial charge in [0.05, 0.1) is 12.1 Å². The van der Waals surface area contributed by atoms with Gasteiger partial charge in [0.1, 0.15) is 0 Å². The summed E-state index contributed by atoms with van der Waals surface area (Å²) >= 11 is 0. The van der Waals surface area contributed by atoms with E-state index in [-0.39, 0.29) is 5.91 Å². The third kappa shape index (κ3) is 2.90. The van der Waals surface area contributed by atoms with Crippen LogP contribution in [-0.2, 0) is 11.3 Å². The average Bonchev–Trinajstić information content (AvgIpc) is 2.89. The zero-order valence-electron chi connectivity index (χ0n) is 11.0. The van der Waals surface area contributed by atoms with E-state index in [0.717, 1.165) is 25.7 Å². The van der Waals surface area contributed by atoms with E-state index < -0.39 is 5.54 Å². The fourth-order valence-corrected chi connectivity index (χ4v) is 2.56. The molecule has 0 aliphatic heterocycles. The summed E-state index contributed by atoms with van der Waals surface area (Å²) in [7, 11) is 1.83. The fraction of sp³-hybridized carbons (Fsp3) is 0.692. The highest BCUT2D eigenvalue weighted by atomic mass is 16.2. The molecule has 2 N–H and O–H groups in total. The minimum absolute atomic E-state index is 0.0781. The van der Waals surface area contributed by atoms with Crippen molar-refractivity contribution in [3.05, 3.63) is 18.5 Å². The van der Waals surface area contributed by atoms with Gasteiger partial charge in [0.15, 0.2) is 0 Å². The van der Waals surface area contributed by atoms with Gasteiger partial charge in [-0.1, -0.05) is 19.3 Å². The Morgan fingerprint density at radius 2 is 2.17 bits per heavy atom. The molecule has 0 saturated heterocycles. The summed E-state index contributed by atoms with van der Waals surface area (Å²) in [5.74, 6) is 0.0781. The van der Waals surface area contributed by atoms with Crippen LogP contribution in [0.4, 0.5) is 0 Å². The lowest BCUT2D eigenvalue weighted by Gasteiger charge is -2.35. The van der Waals surface area contributed by atoms with E-state index in [1.807, 2.05) is 24.0 Å². The summed E-state index contributed by atoms with van der Waals surface area (Å²) < 4.78 is 1.83. The number of carbonyl (C=O) groups is 1. The van der Waals surface area contributed by atoms with Crippen LogP contribution in [0.15, 0.2) is 18.5 Å². The molecule has 2 rings (SSSR count). The van der Waals surface area contributed by atoms with Crippen LogP contribution in [-0.4, -0.2) is 39.7 Å². The van der Waals surface area contributed by atoms with Gasteiger partial charge in [-0.25, -0.2) is 0 Å². The fourth-order valence-electron chi connectivity index (χ4n) is 2.56. The molecule has 0 unspecified atom stereocenters. The van der Waals surface area contributed by atoms with E-state index in [0.29, 0.717) is 13.1 Å². The van der Waals surface area contributed by atoms with Crippen LogP contribution in [0.1, 0.15) is 32.1 Å². The number of amides is 1. The monoisotopic (exact) mass is 250 g/mol. The predicted octanol–water partition coefficient (Wildman–Crippen LogP) is 1.00. The number of nitrogens with zero attached hydrogens (tertiary/aromatic N) is 3. The SMILES string of the molecule is CN(CCn1cccn1)C(=O)C1(N)CCCCC1. The van der Waals surface area contributed by atoms with Gasteiger partial charge in [-0.05, 0) is 18.9 Å². The Kier molecular flexibility index (Phi) is 4.01. The maximum absolute atomic E-state index is 12.4. The number of hydrogen-bond acceptors (Lipinski definition) is 3. The Hall–Kier alpha value is -1.36. The number of aromatic nitrogens is 2. The summed E-state index contributed by atoms with van der Waals surface area (Å²) in [4.78, 5) is 14.1. The van der Waals surface area contributed by atoms with Gasteiger partial charge in [0.25, 0.3) is 0 Å². The molecule has 1 aromatic heterocycles. The number of carbonyl (C=O) groups excluding carboxylic acids is 1. The molecule has 1 aromatic rings. The lowest BCUT2D eigenvalue weighted by molar-refractivity contribution is -0.137. The smallest absolute Gasteiger partial charge is 0.242 e. The third-order valence-corrected chi connectivity index (χ3v) is 3.74. The van der Waals surface area contributed by atoms with E-state index in [2.05, 4.69) is 5.10 Å². The van der Waals surface area contributed by atoms with Crippen LogP contribution in [0.2, 0.25) is 0 Å². The summed E-state index contributed by atoms with van der Waals surface area (Å²) in [6.45, 7) is 1.37. The van der Waals surface area contributed by atoms with Crippen molar-refractivity contribution in [1.82, 2.24) is 14.7 Å². The second kappa shape index (κ2) is 5.52. The zero-order valence-corrected chi connectivity index (χ0v) is 11.0. The van der Waals surface area contributed by atoms with Gasteiger partial charge in [0.2, 0.25) is 5.91 Å². The summed E-state index contributed by atoms with van der Waals surface area (Å²) in [6, 6.07) is 1.88. The van der Waals surface area contributed by atoms with Gasteiger partial charge in [-0.2, -0.15) is 5.10 Å². The first kappa shape index (κ1) is 13.1. The second-order valence-corrected chi connectivity index (χ2v) is 5.21. The van der Waals surface area contributed by atoms with Crippen LogP contribution in [0.25, 0.3) is 0 Å².